The Labute approximate surface area is 123 Å². The van der Waals surface area contributed by atoms with Gasteiger partial charge in [0, 0.05) is 18.6 Å². The molecule has 1 aromatic rings. The average molecular weight is 275 g/mol. The third-order valence-electron chi connectivity index (χ3n) is 4.58. The molecule has 0 radical (unpaired) electrons. The number of hydrogen-bond acceptors (Lipinski definition) is 3. The van der Waals surface area contributed by atoms with Crippen LogP contribution in [0, 0.1) is 11.8 Å². The Morgan fingerprint density at radius 2 is 1.95 bits per heavy atom. The molecule has 3 heteroatoms. The number of hydrogen-bond donors (Lipinski definition) is 1. The summed E-state index contributed by atoms with van der Waals surface area (Å²) >= 11 is 0. The smallest absolute Gasteiger partial charge is 0.0758 e. The molecule has 0 bridgehead atoms. The molecule has 112 valence electrons. The molecule has 1 aromatic heterocycles. The van der Waals surface area contributed by atoms with Gasteiger partial charge in [-0.15, -0.1) is 0 Å². The van der Waals surface area contributed by atoms with Crippen LogP contribution in [0.25, 0.3) is 0 Å². The fourth-order valence-corrected chi connectivity index (χ4v) is 3.50. The molecule has 1 saturated carbocycles. The molecule has 0 amide bonds. The van der Waals surface area contributed by atoms with Crippen molar-refractivity contribution in [1.29, 1.82) is 0 Å². The second-order valence-electron chi connectivity index (χ2n) is 6.13. The maximum absolute atomic E-state index is 4.54. The van der Waals surface area contributed by atoms with Gasteiger partial charge >= 0.3 is 0 Å². The Bertz CT molecular complexity index is 358. The summed E-state index contributed by atoms with van der Waals surface area (Å²) in [5.41, 5.74) is 1.12. The van der Waals surface area contributed by atoms with E-state index in [1.807, 2.05) is 12.4 Å². The molecular formula is C17H29N3. The molecule has 1 aliphatic rings. The highest BCUT2D eigenvalue weighted by Gasteiger charge is 2.28. The van der Waals surface area contributed by atoms with Gasteiger partial charge in [-0.25, -0.2) is 0 Å². The number of aromatic nitrogens is 2. The lowest BCUT2D eigenvalue weighted by Crippen LogP contribution is -2.32. The van der Waals surface area contributed by atoms with E-state index < -0.39 is 0 Å². The van der Waals surface area contributed by atoms with E-state index in [9.17, 15) is 0 Å². The SMILES string of the molecule is CCCNC(c1cnccn1)C1CCC(CCC)CC1. The van der Waals surface area contributed by atoms with Gasteiger partial charge in [-0.1, -0.05) is 39.5 Å². The number of rotatable bonds is 7. The van der Waals surface area contributed by atoms with Crippen molar-refractivity contribution in [2.24, 2.45) is 11.8 Å². The standard InChI is InChI=1S/C17H29N3/c1-3-5-14-6-8-15(9-7-14)17(20-10-4-2)16-13-18-11-12-19-16/h11-15,17,20H,3-10H2,1-2H3. The zero-order valence-corrected chi connectivity index (χ0v) is 13.0. The van der Waals surface area contributed by atoms with Crippen molar-refractivity contribution in [2.75, 3.05) is 6.54 Å². The monoisotopic (exact) mass is 275 g/mol. The number of nitrogens with one attached hydrogen (secondary N) is 1. The minimum Gasteiger partial charge on any atom is -0.308 e. The maximum Gasteiger partial charge on any atom is 0.0758 e. The van der Waals surface area contributed by atoms with Gasteiger partial charge in [0.1, 0.15) is 0 Å². The van der Waals surface area contributed by atoms with Crippen LogP contribution in [0.4, 0.5) is 0 Å². The van der Waals surface area contributed by atoms with Crippen molar-refractivity contribution in [2.45, 2.75) is 64.8 Å². The molecular weight excluding hydrogens is 246 g/mol. The van der Waals surface area contributed by atoms with Gasteiger partial charge in [0.05, 0.1) is 11.7 Å². The summed E-state index contributed by atoms with van der Waals surface area (Å²) in [6.45, 7) is 5.59. The summed E-state index contributed by atoms with van der Waals surface area (Å²) in [5, 5.41) is 3.70. The molecule has 0 aliphatic heterocycles. The minimum absolute atomic E-state index is 0.395. The van der Waals surface area contributed by atoms with Crippen LogP contribution in [0.2, 0.25) is 0 Å². The Morgan fingerprint density at radius 1 is 1.15 bits per heavy atom. The summed E-state index contributed by atoms with van der Waals surface area (Å²) in [5.74, 6) is 1.69. The molecule has 1 fully saturated rings. The van der Waals surface area contributed by atoms with Crippen molar-refractivity contribution in [3.05, 3.63) is 24.3 Å². The van der Waals surface area contributed by atoms with Crippen LogP contribution in [-0.4, -0.2) is 16.5 Å². The maximum atomic E-state index is 4.54. The third kappa shape index (κ3) is 4.27. The molecule has 1 N–H and O–H groups in total. The van der Waals surface area contributed by atoms with Crippen LogP contribution < -0.4 is 5.32 Å². The zero-order chi connectivity index (χ0) is 14.2. The van der Waals surface area contributed by atoms with E-state index >= 15 is 0 Å². The van der Waals surface area contributed by atoms with Crippen molar-refractivity contribution in [3.63, 3.8) is 0 Å². The molecule has 20 heavy (non-hydrogen) atoms. The predicted molar refractivity (Wildman–Crippen MR) is 83.4 cm³/mol. The Hall–Kier alpha value is -0.960. The summed E-state index contributed by atoms with van der Waals surface area (Å²) in [4.78, 5) is 8.79. The average Bonchev–Trinajstić information content (AvgIpc) is 2.51. The highest BCUT2D eigenvalue weighted by atomic mass is 15.0. The van der Waals surface area contributed by atoms with Crippen LogP contribution in [-0.2, 0) is 0 Å². The summed E-state index contributed by atoms with van der Waals surface area (Å²) in [6, 6.07) is 0.395. The second kappa shape index (κ2) is 8.35. The van der Waals surface area contributed by atoms with Crippen LogP contribution >= 0.6 is 0 Å². The predicted octanol–water partition coefficient (Wildman–Crippen LogP) is 4.12. The minimum atomic E-state index is 0.395. The Morgan fingerprint density at radius 3 is 2.55 bits per heavy atom. The van der Waals surface area contributed by atoms with Gasteiger partial charge in [-0.3, -0.25) is 9.97 Å². The normalized spacial score (nSPS) is 24.5. The highest BCUT2D eigenvalue weighted by Crippen LogP contribution is 2.37. The number of nitrogens with zero attached hydrogens (tertiary/aromatic N) is 2. The van der Waals surface area contributed by atoms with E-state index in [1.54, 1.807) is 6.20 Å². The summed E-state index contributed by atoms with van der Waals surface area (Å²) in [6.07, 6.45) is 14.9. The molecule has 0 spiro atoms. The van der Waals surface area contributed by atoms with Gasteiger partial charge < -0.3 is 5.32 Å². The highest BCUT2D eigenvalue weighted by molar-refractivity contribution is 5.05. The zero-order valence-electron chi connectivity index (χ0n) is 13.0. The molecule has 0 saturated heterocycles. The quantitative estimate of drug-likeness (QED) is 0.813. The van der Waals surface area contributed by atoms with E-state index in [-0.39, 0.29) is 0 Å². The lowest BCUT2D eigenvalue weighted by atomic mass is 9.76. The van der Waals surface area contributed by atoms with Crippen LogP contribution in [0.3, 0.4) is 0 Å². The Kier molecular flexibility index (Phi) is 6.44. The molecule has 1 unspecified atom stereocenters. The second-order valence-corrected chi connectivity index (χ2v) is 6.13. The van der Waals surface area contributed by atoms with Gasteiger partial charge in [-0.2, -0.15) is 0 Å². The van der Waals surface area contributed by atoms with Crippen LogP contribution in [0.1, 0.15) is 70.5 Å². The fourth-order valence-electron chi connectivity index (χ4n) is 3.50. The van der Waals surface area contributed by atoms with Crippen molar-refractivity contribution in [1.82, 2.24) is 15.3 Å². The first-order valence-corrected chi connectivity index (χ1v) is 8.34. The van der Waals surface area contributed by atoms with Crippen LogP contribution in [0.15, 0.2) is 18.6 Å². The van der Waals surface area contributed by atoms with Crippen molar-refractivity contribution >= 4 is 0 Å². The first-order valence-electron chi connectivity index (χ1n) is 8.34. The van der Waals surface area contributed by atoms with Crippen LogP contribution in [0.5, 0.6) is 0 Å². The van der Waals surface area contributed by atoms with Crippen molar-refractivity contribution in [3.8, 4) is 0 Å². The van der Waals surface area contributed by atoms with E-state index in [1.165, 1.54) is 44.9 Å². The molecule has 2 rings (SSSR count). The first kappa shape index (κ1) is 15.4. The largest absolute Gasteiger partial charge is 0.308 e. The molecule has 0 aromatic carbocycles. The van der Waals surface area contributed by atoms with Crippen molar-refractivity contribution < 1.29 is 0 Å². The summed E-state index contributed by atoms with van der Waals surface area (Å²) < 4.78 is 0. The van der Waals surface area contributed by atoms with E-state index in [2.05, 4.69) is 29.1 Å². The van der Waals surface area contributed by atoms with E-state index in [0.29, 0.717) is 6.04 Å². The molecule has 1 atom stereocenters. The van der Waals surface area contributed by atoms with Gasteiger partial charge in [-0.05, 0) is 37.6 Å². The topological polar surface area (TPSA) is 37.8 Å². The molecule has 1 aliphatic carbocycles. The van der Waals surface area contributed by atoms with E-state index in [4.69, 9.17) is 0 Å². The third-order valence-corrected chi connectivity index (χ3v) is 4.58. The fraction of sp³-hybridized carbons (Fsp3) is 0.765. The molecule has 3 nitrogen and oxygen atoms in total. The van der Waals surface area contributed by atoms with Gasteiger partial charge in [0.2, 0.25) is 0 Å². The molecule has 1 heterocycles. The summed E-state index contributed by atoms with van der Waals surface area (Å²) in [7, 11) is 0. The Balaban J connectivity index is 1.97. The van der Waals surface area contributed by atoms with Gasteiger partial charge in [0.15, 0.2) is 0 Å². The van der Waals surface area contributed by atoms with E-state index in [0.717, 1.165) is 24.1 Å². The lowest BCUT2D eigenvalue weighted by molar-refractivity contribution is 0.212. The van der Waals surface area contributed by atoms with Gasteiger partial charge in [0.25, 0.3) is 0 Å². The lowest BCUT2D eigenvalue weighted by Gasteiger charge is -2.34. The first-order chi connectivity index (χ1) is 9.85.